The van der Waals surface area contributed by atoms with Crippen molar-refractivity contribution in [2.24, 2.45) is 0 Å². The number of hydrogen-bond donors (Lipinski definition) is 0. The predicted octanol–water partition coefficient (Wildman–Crippen LogP) is 5.13. The van der Waals surface area contributed by atoms with Crippen LogP contribution in [0.5, 0.6) is 5.75 Å². The maximum absolute atomic E-state index is 13.6. The fourth-order valence-electron chi connectivity index (χ4n) is 1.68. The van der Waals surface area contributed by atoms with E-state index in [2.05, 4.69) is 4.74 Å². The Morgan fingerprint density at radius 3 is 2.05 bits per heavy atom. The van der Waals surface area contributed by atoms with Gasteiger partial charge in [0.15, 0.2) is 0 Å². The van der Waals surface area contributed by atoms with Crippen molar-refractivity contribution in [2.45, 2.75) is 12.2 Å². The van der Waals surface area contributed by atoms with Crippen LogP contribution in [0.4, 0.5) is 17.6 Å². The molecule has 20 heavy (non-hydrogen) atoms. The summed E-state index contributed by atoms with van der Waals surface area (Å²) in [6, 6.07) is 9.69. The van der Waals surface area contributed by atoms with Gasteiger partial charge in [-0.25, -0.2) is 4.39 Å². The fraction of sp³-hybridized carbons (Fsp3) is 0.143. The van der Waals surface area contributed by atoms with Crippen LogP contribution in [0.1, 0.15) is 5.56 Å². The SMILES string of the molecule is Fc1cc(-c2ccc(OC(F)(F)F)cc2)ccc1CCl. The van der Waals surface area contributed by atoms with E-state index < -0.39 is 12.2 Å². The Kier molecular flexibility index (Phi) is 4.18. The first-order valence-electron chi connectivity index (χ1n) is 5.59. The van der Waals surface area contributed by atoms with Gasteiger partial charge in [-0.15, -0.1) is 24.8 Å². The molecule has 0 saturated carbocycles. The molecule has 0 heterocycles. The predicted molar refractivity (Wildman–Crippen MR) is 68.1 cm³/mol. The highest BCUT2D eigenvalue weighted by molar-refractivity contribution is 6.17. The van der Waals surface area contributed by atoms with E-state index in [-0.39, 0.29) is 11.6 Å². The lowest BCUT2D eigenvalue weighted by atomic mass is 10.0. The Labute approximate surface area is 117 Å². The third-order valence-corrected chi connectivity index (χ3v) is 2.91. The van der Waals surface area contributed by atoms with Crippen molar-refractivity contribution in [3.05, 3.63) is 53.8 Å². The summed E-state index contributed by atoms with van der Waals surface area (Å²) >= 11 is 5.55. The second-order valence-corrected chi connectivity index (χ2v) is 4.28. The molecule has 0 unspecified atom stereocenters. The van der Waals surface area contributed by atoms with Gasteiger partial charge >= 0.3 is 6.36 Å². The number of benzene rings is 2. The van der Waals surface area contributed by atoms with E-state index in [0.717, 1.165) is 0 Å². The van der Waals surface area contributed by atoms with E-state index in [1.807, 2.05) is 0 Å². The largest absolute Gasteiger partial charge is 0.573 e. The van der Waals surface area contributed by atoms with Crippen molar-refractivity contribution in [3.63, 3.8) is 0 Å². The minimum absolute atomic E-state index is 0.0600. The molecule has 0 fully saturated rings. The fourth-order valence-corrected chi connectivity index (χ4v) is 1.90. The zero-order valence-corrected chi connectivity index (χ0v) is 10.8. The minimum atomic E-state index is -4.73. The van der Waals surface area contributed by atoms with Gasteiger partial charge in [0.25, 0.3) is 0 Å². The first-order valence-corrected chi connectivity index (χ1v) is 6.13. The van der Waals surface area contributed by atoms with Gasteiger partial charge < -0.3 is 4.74 Å². The van der Waals surface area contributed by atoms with Gasteiger partial charge in [0.05, 0.1) is 5.88 Å². The molecule has 0 amide bonds. The third-order valence-electron chi connectivity index (χ3n) is 2.62. The molecule has 2 rings (SSSR count). The Morgan fingerprint density at radius 2 is 1.55 bits per heavy atom. The summed E-state index contributed by atoms with van der Waals surface area (Å²) < 4.78 is 53.4. The number of alkyl halides is 4. The number of hydrogen-bond acceptors (Lipinski definition) is 1. The molecule has 0 atom stereocenters. The highest BCUT2D eigenvalue weighted by atomic mass is 35.5. The molecule has 0 N–H and O–H groups in total. The molecule has 0 aromatic heterocycles. The van der Waals surface area contributed by atoms with Crippen LogP contribution < -0.4 is 4.74 Å². The third kappa shape index (κ3) is 3.63. The van der Waals surface area contributed by atoms with Crippen molar-refractivity contribution < 1.29 is 22.3 Å². The molecule has 106 valence electrons. The van der Waals surface area contributed by atoms with E-state index in [1.165, 1.54) is 36.4 Å². The first kappa shape index (κ1) is 14.7. The van der Waals surface area contributed by atoms with Crippen molar-refractivity contribution >= 4 is 11.6 Å². The number of rotatable bonds is 3. The van der Waals surface area contributed by atoms with Crippen molar-refractivity contribution in [2.75, 3.05) is 0 Å². The molecular weight excluding hydrogens is 296 g/mol. The Bertz CT molecular complexity index is 593. The normalized spacial score (nSPS) is 11.4. The van der Waals surface area contributed by atoms with Crippen LogP contribution in [0.25, 0.3) is 11.1 Å². The van der Waals surface area contributed by atoms with Crippen LogP contribution >= 0.6 is 11.6 Å². The molecule has 2 aromatic rings. The summed E-state index contributed by atoms with van der Waals surface area (Å²) in [6.45, 7) is 0. The van der Waals surface area contributed by atoms with Crippen molar-refractivity contribution in [1.82, 2.24) is 0 Å². The maximum atomic E-state index is 13.6. The molecule has 0 aliphatic carbocycles. The van der Waals surface area contributed by atoms with Crippen LogP contribution in [0.15, 0.2) is 42.5 Å². The average molecular weight is 305 g/mol. The van der Waals surface area contributed by atoms with E-state index in [9.17, 15) is 17.6 Å². The smallest absolute Gasteiger partial charge is 0.406 e. The van der Waals surface area contributed by atoms with Crippen molar-refractivity contribution in [1.29, 1.82) is 0 Å². The highest BCUT2D eigenvalue weighted by Crippen LogP contribution is 2.27. The first-order chi connectivity index (χ1) is 9.39. The van der Waals surface area contributed by atoms with Crippen LogP contribution in [0.2, 0.25) is 0 Å². The molecule has 0 aliphatic rings. The van der Waals surface area contributed by atoms with Crippen LogP contribution in [-0.4, -0.2) is 6.36 Å². The molecule has 0 aliphatic heterocycles. The topological polar surface area (TPSA) is 9.23 Å². The van der Waals surface area contributed by atoms with Gasteiger partial charge in [-0.1, -0.05) is 24.3 Å². The van der Waals surface area contributed by atoms with Gasteiger partial charge in [0.2, 0.25) is 0 Å². The average Bonchev–Trinajstić information content (AvgIpc) is 2.37. The zero-order valence-electron chi connectivity index (χ0n) is 10.0. The summed E-state index contributed by atoms with van der Waals surface area (Å²) in [4.78, 5) is 0. The molecule has 0 radical (unpaired) electrons. The number of ether oxygens (including phenoxy) is 1. The molecule has 6 heteroatoms. The number of halogens is 5. The summed E-state index contributed by atoms with van der Waals surface area (Å²) in [5, 5.41) is 0. The quantitative estimate of drug-likeness (QED) is 0.564. The second-order valence-electron chi connectivity index (χ2n) is 4.01. The summed E-state index contributed by atoms with van der Waals surface area (Å²) in [5.74, 6) is -0.711. The Hall–Kier alpha value is -1.75. The van der Waals surface area contributed by atoms with E-state index >= 15 is 0 Å². The minimum Gasteiger partial charge on any atom is -0.406 e. The maximum Gasteiger partial charge on any atom is 0.573 e. The zero-order chi connectivity index (χ0) is 14.8. The van der Waals surface area contributed by atoms with Gasteiger partial charge in [-0.05, 0) is 29.3 Å². The molecular formula is C14H9ClF4O. The van der Waals surface area contributed by atoms with Gasteiger partial charge in [-0.3, -0.25) is 0 Å². The van der Waals surface area contributed by atoms with Crippen molar-refractivity contribution in [3.8, 4) is 16.9 Å². The second kappa shape index (κ2) is 5.71. The monoisotopic (exact) mass is 304 g/mol. The molecule has 1 nitrogen and oxygen atoms in total. The van der Waals surface area contributed by atoms with Gasteiger partial charge in [-0.2, -0.15) is 0 Å². The molecule has 0 bridgehead atoms. The van der Waals surface area contributed by atoms with Crippen LogP contribution in [0, 0.1) is 5.82 Å². The summed E-state index contributed by atoms with van der Waals surface area (Å²) in [6.07, 6.45) is -4.73. The van der Waals surface area contributed by atoms with Gasteiger partial charge in [0, 0.05) is 5.56 Å². The lowest BCUT2D eigenvalue weighted by Crippen LogP contribution is -2.16. The van der Waals surface area contributed by atoms with E-state index in [1.54, 1.807) is 6.07 Å². The van der Waals surface area contributed by atoms with Crippen LogP contribution in [0.3, 0.4) is 0 Å². The van der Waals surface area contributed by atoms with Crippen LogP contribution in [-0.2, 0) is 5.88 Å². The Morgan fingerprint density at radius 1 is 0.950 bits per heavy atom. The molecule has 2 aromatic carbocycles. The molecule has 0 spiro atoms. The molecule has 0 saturated heterocycles. The van der Waals surface area contributed by atoms with Gasteiger partial charge in [0.1, 0.15) is 11.6 Å². The lowest BCUT2D eigenvalue weighted by molar-refractivity contribution is -0.274. The standard InChI is InChI=1S/C14H9ClF4O/c15-8-11-2-1-10(7-13(11)16)9-3-5-12(6-4-9)20-14(17,18)19/h1-7H,8H2. The summed E-state index contributed by atoms with van der Waals surface area (Å²) in [7, 11) is 0. The Balaban J connectivity index is 2.24. The van der Waals surface area contributed by atoms with E-state index in [4.69, 9.17) is 11.6 Å². The highest BCUT2D eigenvalue weighted by Gasteiger charge is 2.30. The van der Waals surface area contributed by atoms with E-state index in [0.29, 0.717) is 16.7 Å². The summed E-state index contributed by atoms with van der Waals surface area (Å²) in [5.41, 5.74) is 1.50. The lowest BCUT2D eigenvalue weighted by Gasteiger charge is -2.09.